The van der Waals surface area contributed by atoms with Gasteiger partial charge in [0.2, 0.25) is 11.9 Å². The van der Waals surface area contributed by atoms with Crippen LogP contribution < -0.4 is 10.2 Å². The van der Waals surface area contributed by atoms with Crippen molar-refractivity contribution < 1.29 is 22.4 Å². The van der Waals surface area contributed by atoms with E-state index in [-0.39, 0.29) is 18.4 Å². The quantitative estimate of drug-likeness (QED) is 0.925. The van der Waals surface area contributed by atoms with Gasteiger partial charge >= 0.3 is 6.18 Å². The third kappa shape index (κ3) is 3.50. The van der Waals surface area contributed by atoms with Crippen molar-refractivity contribution >= 4 is 11.9 Å². The zero-order chi connectivity index (χ0) is 17.2. The predicted molar refractivity (Wildman–Crippen MR) is 78.0 cm³/mol. The fraction of sp³-hybridized carbons (Fsp3) is 0.400. The number of nitrogens with one attached hydrogen (secondary N) is 1. The van der Waals surface area contributed by atoms with Crippen molar-refractivity contribution in [1.29, 1.82) is 0 Å². The number of nitrogens with zero attached hydrogens (tertiary/aromatic N) is 3. The van der Waals surface area contributed by atoms with Crippen molar-refractivity contribution in [3.05, 3.63) is 42.1 Å². The molecule has 2 aromatic heterocycles. The van der Waals surface area contributed by atoms with E-state index in [0.717, 1.165) is 12.3 Å². The van der Waals surface area contributed by atoms with Gasteiger partial charge in [-0.3, -0.25) is 4.79 Å². The Morgan fingerprint density at radius 3 is 2.96 bits per heavy atom. The van der Waals surface area contributed by atoms with Crippen molar-refractivity contribution in [2.45, 2.75) is 31.6 Å². The number of aromatic nitrogens is 2. The summed E-state index contributed by atoms with van der Waals surface area (Å²) in [7, 11) is 0. The van der Waals surface area contributed by atoms with Gasteiger partial charge in [0.05, 0.1) is 12.8 Å². The summed E-state index contributed by atoms with van der Waals surface area (Å²) in [6.07, 6.45) is -0.780. The molecule has 3 heterocycles. The van der Waals surface area contributed by atoms with Crippen molar-refractivity contribution in [3.63, 3.8) is 0 Å². The van der Waals surface area contributed by atoms with Gasteiger partial charge < -0.3 is 14.6 Å². The van der Waals surface area contributed by atoms with E-state index in [1.165, 1.54) is 11.2 Å². The summed E-state index contributed by atoms with van der Waals surface area (Å²) in [5, 5.41) is 2.72. The first kappa shape index (κ1) is 16.3. The van der Waals surface area contributed by atoms with Crippen molar-refractivity contribution in [3.8, 4) is 0 Å². The van der Waals surface area contributed by atoms with Crippen molar-refractivity contribution in [2.75, 3.05) is 11.4 Å². The molecule has 0 aromatic carbocycles. The molecule has 9 heteroatoms. The van der Waals surface area contributed by atoms with E-state index in [0.29, 0.717) is 25.1 Å². The van der Waals surface area contributed by atoms with Crippen LogP contribution in [0.1, 0.15) is 24.3 Å². The molecule has 24 heavy (non-hydrogen) atoms. The van der Waals surface area contributed by atoms with Crippen molar-refractivity contribution in [2.24, 2.45) is 0 Å². The minimum atomic E-state index is -4.55. The molecule has 1 N–H and O–H groups in total. The Labute approximate surface area is 135 Å². The lowest BCUT2D eigenvalue weighted by Crippen LogP contribution is -2.43. The average Bonchev–Trinajstić information content (AvgIpc) is 3.23. The molecule has 6 nitrogen and oxygen atoms in total. The first-order valence-corrected chi connectivity index (χ1v) is 7.42. The van der Waals surface area contributed by atoms with Gasteiger partial charge in [-0.05, 0) is 31.0 Å². The summed E-state index contributed by atoms with van der Waals surface area (Å²) >= 11 is 0. The number of amides is 1. The molecule has 128 valence electrons. The summed E-state index contributed by atoms with van der Waals surface area (Å²) in [6.45, 7) is 0.653. The van der Waals surface area contributed by atoms with E-state index in [4.69, 9.17) is 4.42 Å². The standard InChI is InChI=1S/C15H15F3N4O2/c16-15(17,18)12-5-6-19-14(21-12)22-7-1-4-11(22)13(23)20-9-10-3-2-8-24-10/h2-3,5-6,8,11H,1,4,7,9H2,(H,20,23)/t11-/m1/s1. The summed E-state index contributed by atoms with van der Waals surface area (Å²) in [5.74, 6) is 0.230. The Balaban J connectivity index is 1.72. The predicted octanol–water partition coefficient (Wildman–Crippen LogP) is 2.37. The molecule has 0 aliphatic carbocycles. The number of hydrogen-bond acceptors (Lipinski definition) is 5. The molecule has 0 bridgehead atoms. The molecule has 0 spiro atoms. The highest BCUT2D eigenvalue weighted by molar-refractivity contribution is 5.85. The normalized spacial score (nSPS) is 18.0. The van der Waals surface area contributed by atoms with E-state index < -0.39 is 17.9 Å². The zero-order valence-electron chi connectivity index (χ0n) is 12.6. The van der Waals surface area contributed by atoms with Crippen LogP contribution in [0.2, 0.25) is 0 Å². The number of anilines is 1. The number of furan rings is 1. The fourth-order valence-corrected chi connectivity index (χ4v) is 2.63. The van der Waals surface area contributed by atoms with Crippen LogP contribution in [0.25, 0.3) is 0 Å². The average molecular weight is 340 g/mol. The maximum atomic E-state index is 12.8. The van der Waals surface area contributed by atoms with Crippen LogP contribution in [0.5, 0.6) is 0 Å². The van der Waals surface area contributed by atoms with Gasteiger partial charge in [0, 0.05) is 12.7 Å². The van der Waals surface area contributed by atoms with E-state index in [2.05, 4.69) is 15.3 Å². The molecule has 1 atom stereocenters. The summed E-state index contributed by atoms with van der Waals surface area (Å²) < 4.78 is 43.5. The molecule has 1 saturated heterocycles. The lowest BCUT2D eigenvalue weighted by atomic mass is 10.2. The third-order valence-electron chi connectivity index (χ3n) is 3.76. The third-order valence-corrected chi connectivity index (χ3v) is 3.76. The number of alkyl halides is 3. The molecule has 1 fully saturated rings. The fourth-order valence-electron chi connectivity index (χ4n) is 2.63. The van der Waals surface area contributed by atoms with Crippen molar-refractivity contribution in [1.82, 2.24) is 15.3 Å². The Bertz CT molecular complexity index is 703. The Morgan fingerprint density at radius 1 is 1.42 bits per heavy atom. The monoisotopic (exact) mass is 340 g/mol. The number of halogens is 3. The van der Waals surface area contributed by atoms with Gasteiger partial charge in [0.25, 0.3) is 0 Å². The maximum Gasteiger partial charge on any atom is 0.433 e. The van der Waals surface area contributed by atoms with Gasteiger partial charge in [0.15, 0.2) is 0 Å². The second-order valence-corrected chi connectivity index (χ2v) is 5.39. The van der Waals surface area contributed by atoms with E-state index >= 15 is 0 Å². The van der Waals surface area contributed by atoms with Gasteiger partial charge in [-0.25, -0.2) is 9.97 Å². The van der Waals surface area contributed by atoms with E-state index in [9.17, 15) is 18.0 Å². The Kier molecular flexibility index (Phi) is 4.41. The summed E-state index contributed by atoms with van der Waals surface area (Å²) in [4.78, 5) is 21.3. The van der Waals surface area contributed by atoms with Gasteiger partial charge in [-0.1, -0.05) is 0 Å². The molecular weight excluding hydrogens is 325 g/mol. The lowest BCUT2D eigenvalue weighted by molar-refractivity contribution is -0.141. The molecular formula is C15H15F3N4O2. The first-order chi connectivity index (χ1) is 11.4. The van der Waals surface area contributed by atoms with Crippen LogP contribution in [0, 0.1) is 0 Å². The van der Waals surface area contributed by atoms with Crippen LogP contribution in [0.15, 0.2) is 35.1 Å². The molecule has 1 aliphatic rings. The molecule has 0 unspecified atom stereocenters. The summed E-state index contributed by atoms with van der Waals surface area (Å²) in [5.41, 5.74) is -1.02. The van der Waals surface area contributed by atoms with E-state index in [1.54, 1.807) is 12.1 Å². The maximum absolute atomic E-state index is 12.8. The highest BCUT2D eigenvalue weighted by Gasteiger charge is 2.36. The highest BCUT2D eigenvalue weighted by atomic mass is 19.4. The smallest absolute Gasteiger partial charge is 0.433 e. The Hall–Kier alpha value is -2.58. The first-order valence-electron chi connectivity index (χ1n) is 7.42. The molecule has 3 rings (SSSR count). The summed E-state index contributed by atoms with van der Waals surface area (Å²) in [6, 6.07) is 3.65. The Morgan fingerprint density at radius 2 is 2.25 bits per heavy atom. The number of rotatable bonds is 4. The second-order valence-electron chi connectivity index (χ2n) is 5.39. The lowest BCUT2D eigenvalue weighted by Gasteiger charge is -2.24. The molecule has 2 aromatic rings. The second kappa shape index (κ2) is 6.50. The SMILES string of the molecule is O=C(NCc1ccco1)[C@H]1CCCN1c1nccc(C(F)(F)F)n1. The largest absolute Gasteiger partial charge is 0.467 e. The highest BCUT2D eigenvalue weighted by Crippen LogP contribution is 2.29. The number of carbonyl (C=O) groups is 1. The van der Waals surface area contributed by atoms with Gasteiger partial charge in [-0.2, -0.15) is 13.2 Å². The van der Waals surface area contributed by atoms with Gasteiger partial charge in [-0.15, -0.1) is 0 Å². The van der Waals surface area contributed by atoms with E-state index in [1.807, 2.05) is 0 Å². The minimum absolute atomic E-state index is 0.0829. The van der Waals surface area contributed by atoms with Crippen LogP contribution in [0.4, 0.5) is 19.1 Å². The topological polar surface area (TPSA) is 71.3 Å². The van der Waals surface area contributed by atoms with Crippen LogP contribution in [-0.4, -0.2) is 28.5 Å². The number of carbonyl (C=O) groups excluding carboxylic acids is 1. The van der Waals surface area contributed by atoms with Crippen LogP contribution in [0.3, 0.4) is 0 Å². The zero-order valence-corrected chi connectivity index (χ0v) is 12.6. The van der Waals surface area contributed by atoms with Gasteiger partial charge in [0.1, 0.15) is 17.5 Å². The van der Waals surface area contributed by atoms with Crippen LogP contribution in [-0.2, 0) is 17.5 Å². The van der Waals surface area contributed by atoms with Crippen LogP contribution >= 0.6 is 0 Å². The molecule has 1 amide bonds. The number of hydrogen-bond donors (Lipinski definition) is 1. The molecule has 1 aliphatic heterocycles. The molecule has 0 radical (unpaired) electrons. The molecule has 0 saturated carbocycles. The minimum Gasteiger partial charge on any atom is -0.467 e.